The fourth-order valence-electron chi connectivity index (χ4n) is 2.88. The number of nitrogens with one attached hydrogen (secondary N) is 1. The molecule has 1 amide bonds. The van der Waals surface area contributed by atoms with Crippen LogP contribution in [-0.4, -0.2) is 25.2 Å². The van der Waals surface area contributed by atoms with Gasteiger partial charge in [0.1, 0.15) is 5.75 Å². The van der Waals surface area contributed by atoms with Crippen LogP contribution in [0.25, 0.3) is 0 Å². The first kappa shape index (κ1) is 16.5. The normalized spacial score (nSPS) is 13.5. The van der Waals surface area contributed by atoms with Gasteiger partial charge in [-0.2, -0.15) is 0 Å². The van der Waals surface area contributed by atoms with Crippen molar-refractivity contribution in [1.82, 2.24) is 0 Å². The second-order valence-electron chi connectivity index (χ2n) is 5.87. The van der Waals surface area contributed by atoms with Crippen molar-refractivity contribution in [2.75, 3.05) is 11.1 Å². The molecule has 3 rings (SSSR count). The standard InChI is InChI=1S/C18H19NO4S/c1-2-24(22,23)15-8-9-17(20)16(11-15)19-18(21)14-7-6-12-4-3-5-13(12)10-14/h6-11,20H,2-5H2,1H3,(H,19,21). The lowest BCUT2D eigenvalue weighted by Crippen LogP contribution is -2.13. The second kappa shape index (κ2) is 6.28. The van der Waals surface area contributed by atoms with Crippen LogP contribution in [0.1, 0.15) is 34.8 Å². The van der Waals surface area contributed by atoms with Crippen molar-refractivity contribution in [3.05, 3.63) is 53.1 Å². The van der Waals surface area contributed by atoms with Crippen molar-refractivity contribution in [3.8, 4) is 5.75 Å². The molecule has 0 saturated heterocycles. The average molecular weight is 345 g/mol. The number of phenols is 1. The maximum Gasteiger partial charge on any atom is 0.255 e. The lowest BCUT2D eigenvalue weighted by Gasteiger charge is -2.10. The van der Waals surface area contributed by atoms with E-state index >= 15 is 0 Å². The minimum absolute atomic E-state index is 0.0457. The Balaban J connectivity index is 1.88. The number of aryl methyl sites for hydroxylation is 2. The number of anilines is 1. The predicted molar refractivity (Wildman–Crippen MR) is 92.3 cm³/mol. The molecule has 1 aliphatic carbocycles. The Hall–Kier alpha value is -2.34. The van der Waals surface area contributed by atoms with Gasteiger partial charge in [0.25, 0.3) is 5.91 Å². The summed E-state index contributed by atoms with van der Waals surface area (Å²) < 4.78 is 23.9. The van der Waals surface area contributed by atoms with Gasteiger partial charge in [-0.3, -0.25) is 4.79 Å². The first-order chi connectivity index (χ1) is 11.4. The molecule has 0 fully saturated rings. The van der Waals surface area contributed by atoms with Gasteiger partial charge in [0.05, 0.1) is 16.3 Å². The quantitative estimate of drug-likeness (QED) is 0.835. The average Bonchev–Trinajstić information content (AvgIpc) is 3.04. The Morgan fingerprint density at radius 2 is 1.88 bits per heavy atom. The van der Waals surface area contributed by atoms with Crippen LogP contribution < -0.4 is 5.32 Å². The zero-order chi connectivity index (χ0) is 17.3. The van der Waals surface area contributed by atoms with Gasteiger partial charge in [-0.25, -0.2) is 8.42 Å². The lowest BCUT2D eigenvalue weighted by molar-refractivity contribution is 0.102. The SMILES string of the molecule is CCS(=O)(=O)c1ccc(O)c(NC(=O)c2ccc3c(c2)CCC3)c1. The van der Waals surface area contributed by atoms with Gasteiger partial charge in [0.2, 0.25) is 0 Å². The van der Waals surface area contributed by atoms with E-state index in [0.717, 1.165) is 19.3 Å². The summed E-state index contributed by atoms with van der Waals surface area (Å²) in [6.07, 6.45) is 3.10. The van der Waals surface area contributed by atoms with E-state index in [2.05, 4.69) is 5.32 Å². The number of aromatic hydroxyl groups is 1. The van der Waals surface area contributed by atoms with Crippen LogP contribution in [0.15, 0.2) is 41.3 Å². The number of hydrogen-bond acceptors (Lipinski definition) is 4. The van der Waals surface area contributed by atoms with Crippen LogP contribution in [0.5, 0.6) is 5.75 Å². The maximum absolute atomic E-state index is 12.4. The molecule has 0 radical (unpaired) electrons. The molecule has 0 aliphatic heterocycles. The highest BCUT2D eigenvalue weighted by Gasteiger charge is 2.17. The maximum atomic E-state index is 12.4. The van der Waals surface area contributed by atoms with E-state index in [1.807, 2.05) is 12.1 Å². The molecule has 2 aromatic rings. The molecule has 2 N–H and O–H groups in total. The van der Waals surface area contributed by atoms with Crippen molar-refractivity contribution >= 4 is 21.4 Å². The van der Waals surface area contributed by atoms with Gasteiger partial charge < -0.3 is 10.4 Å². The monoisotopic (exact) mass is 345 g/mol. The number of rotatable bonds is 4. The Morgan fingerprint density at radius 3 is 2.62 bits per heavy atom. The van der Waals surface area contributed by atoms with Crippen molar-refractivity contribution < 1.29 is 18.3 Å². The van der Waals surface area contributed by atoms with E-state index < -0.39 is 9.84 Å². The fraction of sp³-hybridized carbons (Fsp3) is 0.278. The van der Waals surface area contributed by atoms with Gasteiger partial charge >= 0.3 is 0 Å². The van der Waals surface area contributed by atoms with Gasteiger partial charge in [-0.15, -0.1) is 0 Å². The molecule has 1 aliphatic rings. The first-order valence-corrected chi connectivity index (χ1v) is 9.55. The van der Waals surface area contributed by atoms with Crippen molar-refractivity contribution in [2.45, 2.75) is 31.1 Å². The van der Waals surface area contributed by atoms with E-state index in [-0.39, 0.29) is 28.0 Å². The van der Waals surface area contributed by atoms with E-state index in [1.165, 1.54) is 29.3 Å². The number of amides is 1. The number of phenolic OH excluding ortho intramolecular Hbond substituents is 1. The molecule has 0 saturated carbocycles. The third-order valence-corrected chi connectivity index (χ3v) is 6.05. The van der Waals surface area contributed by atoms with Crippen LogP contribution in [-0.2, 0) is 22.7 Å². The fourth-order valence-corrected chi connectivity index (χ4v) is 3.79. The summed E-state index contributed by atoms with van der Waals surface area (Å²) in [5, 5.41) is 12.5. The van der Waals surface area contributed by atoms with E-state index in [4.69, 9.17) is 0 Å². The molecule has 0 atom stereocenters. The van der Waals surface area contributed by atoms with Crippen LogP contribution >= 0.6 is 0 Å². The first-order valence-electron chi connectivity index (χ1n) is 7.89. The van der Waals surface area contributed by atoms with Crippen molar-refractivity contribution in [1.29, 1.82) is 0 Å². The molecule has 6 heteroatoms. The summed E-state index contributed by atoms with van der Waals surface area (Å²) in [6, 6.07) is 9.47. The highest BCUT2D eigenvalue weighted by atomic mass is 32.2. The van der Waals surface area contributed by atoms with E-state index in [9.17, 15) is 18.3 Å². The van der Waals surface area contributed by atoms with Crippen LogP contribution in [0.2, 0.25) is 0 Å². The Morgan fingerprint density at radius 1 is 1.12 bits per heavy atom. The molecule has 2 aromatic carbocycles. The Labute approximate surface area is 141 Å². The number of carbonyl (C=O) groups excluding carboxylic acids is 1. The number of sulfone groups is 1. The van der Waals surface area contributed by atoms with E-state index in [0.29, 0.717) is 5.56 Å². The number of benzene rings is 2. The molecular weight excluding hydrogens is 326 g/mol. The lowest BCUT2D eigenvalue weighted by atomic mass is 10.1. The molecule has 0 bridgehead atoms. The largest absolute Gasteiger partial charge is 0.506 e. The van der Waals surface area contributed by atoms with Gasteiger partial charge in [0.15, 0.2) is 9.84 Å². The molecule has 0 unspecified atom stereocenters. The van der Waals surface area contributed by atoms with Gasteiger partial charge in [-0.05, 0) is 60.7 Å². The predicted octanol–water partition coefficient (Wildman–Crippen LogP) is 2.93. The summed E-state index contributed by atoms with van der Waals surface area (Å²) in [4.78, 5) is 12.5. The summed E-state index contributed by atoms with van der Waals surface area (Å²) in [6.45, 7) is 1.55. The minimum atomic E-state index is -3.41. The number of carbonyl (C=O) groups is 1. The highest BCUT2D eigenvalue weighted by Crippen LogP contribution is 2.28. The van der Waals surface area contributed by atoms with Crippen molar-refractivity contribution in [2.24, 2.45) is 0 Å². The smallest absolute Gasteiger partial charge is 0.255 e. The van der Waals surface area contributed by atoms with Crippen LogP contribution in [0.3, 0.4) is 0 Å². The molecule has 0 spiro atoms. The molecule has 0 aromatic heterocycles. The molecule has 126 valence electrons. The summed E-state index contributed by atoms with van der Waals surface area (Å²) in [5.41, 5.74) is 3.04. The summed E-state index contributed by atoms with van der Waals surface area (Å²) in [7, 11) is -3.41. The number of hydrogen-bond donors (Lipinski definition) is 2. The second-order valence-corrected chi connectivity index (χ2v) is 8.15. The zero-order valence-corrected chi connectivity index (χ0v) is 14.2. The topological polar surface area (TPSA) is 83.5 Å². The zero-order valence-electron chi connectivity index (χ0n) is 13.4. The number of fused-ring (bicyclic) bond motifs is 1. The third kappa shape index (κ3) is 3.14. The molecule has 0 heterocycles. The van der Waals surface area contributed by atoms with Gasteiger partial charge in [-0.1, -0.05) is 13.0 Å². The summed E-state index contributed by atoms with van der Waals surface area (Å²) >= 11 is 0. The van der Waals surface area contributed by atoms with E-state index in [1.54, 1.807) is 13.0 Å². The molecule has 24 heavy (non-hydrogen) atoms. The Bertz CT molecular complexity index is 903. The Kier molecular flexibility index (Phi) is 4.32. The van der Waals surface area contributed by atoms with Crippen LogP contribution in [0.4, 0.5) is 5.69 Å². The highest BCUT2D eigenvalue weighted by molar-refractivity contribution is 7.91. The molecule has 5 nitrogen and oxygen atoms in total. The minimum Gasteiger partial charge on any atom is -0.506 e. The van der Waals surface area contributed by atoms with Crippen molar-refractivity contribution in [3.63, 3.8) is 0 Å². The molecular formula is C18H19NO4S. The van der Waals surface area contributed by atoms with Gasteiger partial charge in [0, 0.05) is 5.56 Å². The third-order valence-electron chi connectivity index (χ3n) is 4.32. The van der Waals surface area contributed by atoms with Crippen LogP contribution in [0, 0.1) is 0 Å². The summed E-state index contributed by atoms with van der Waals surface area (Å²) in [5.74, 6) is -0.582.